The molecule has 3 aromatic carbocycles. The summed E-state index contributed by atoms with van der Waals surface area (Å²) in [4.78, 5) is 12.6. The number of aryl methyl sites for hydroxylation is 1. The number of hydrogen-bond donors (Lipinski definition) is 1. The molecule has 0 fully saturated rings. The van der Waals surface area contributed by atoms with Crippen LogP contribution in [0.3, 0.4) is 0 Å². The predicted molar refractivity (Wildman–Crippen MR) is 137 cm³/mol. The van der Waals surface area contributed by atoms with Gasteiger partial charge in [-0.3, -0.25) is 4.79 Å². The number of halogens is 2. The molecule has 1 amide bonds. The SMILES string of the molecule is CCOc1cccc(NC(=O)/C(C#N)=C\c2cc(Br)c(OCc3ccc(C)cc3)c(Br)c2)c1. The first-order chi connectivity index (χ1) is 15.9. The normalized spacial score (nSPS) is 10.9. The Hall–Kier alpha value is -3.08. The fourth-order valence-electron chi connectivity index (χ4n) is 2.98. The maximum absolute atomic E-state index is 12.6. The molecule has 3 aromatic rings. The molecule has 0 saturated carbocycles. The number of hydrogen-bond acceptors (Lipinski definition) is 4. The van der Waals surface area contributed by atoms with Gasteiger partial charge in [0.2, 0.25) is 0 Å². The van der Waals surface area contributed by atoms with Crippen LogP contribution in [0.1, 0.15) is 23.6 Å². The lowest BCUT2D eigenvalue weighted by Gasteiger charge is -2.12. The third-order valence-electron chi connectivity index (χ3n) is 4.60. The highest BCUT2D eigenvalue weighted by atomic mass is 79.9. The molecule has 0 unspecified atom stereocenters. The molecule has 0 aliphatic heterocycles. The molecule has 5 nitrogen and oxygen atoms in total. The number of carbonyl (C=O) groups is 1. The van der Waals surface area contributed by atoms with Gasteiger partial charge >= 0.3 is 0 Å². The lowest BCUT2D eigenvalue weighted by molar-refractivity contribution is -0.112. The topological polar surface area (TPSA) is 71.3 Å². The zero-order valence-corrected chi connectivity index (χ0v) is 21.4. The van der Waals surface area contributed by atoms with E-state index in [0.717, 1.165) is 5.56 Å². The van der Waals surface area contributed by atoms with Crippen molar-refractivity contribution in [3.63, 3.8) is 0 Å². The quantitative estimate of drug-likeness (QED) is 0.233. The van der Waals surface area contributed by atoms with Crippen molar-refractivity contribution in [2.24, 2.45) is 0 Å². The molecule has 1 N–H and O–H groups in total. The zero-order chi connectivity index (χ0) is 23.8. The highest BCUT2D eigenvalue weighted by molar-refractivity contribution is 9.11. The van der Waals surface area contributed by atoms with Crippen LogP contribution in [-0.4, -0.2) is 12.5 Å². The van der Waals surface area contributed by atoms with Crippen LogP contribution in [0.15, 0.2) is 75.2 Å². The number of anilines is 1. The summed E-state index contributed by atoms with van der Waals surface area (Å²) in [5, 5.41) is 12.3. The predicted octanol–water partition coefficient (Wildman–Crippen LogP) is 7.04. The van der Waals surface area contributed by atoms with Crippen molar-refractivity contribution in [1.82, 2.24) is 0 Å². The maximum atomic E-state index is 12.6. The Kier molecular flexibility index (Phi) is 8.70. The van der Waals surface area contributed by atoms with Gasteiger partial charge < -0.3 is 14.8 Å². The zero-order valence-electron chi connectivity index (χ0n) is 18.2. The van der Waals surface area contributed by atoms with Crippen LogP contribution in [0.25, 0.3) is 6.08 Å². The Balaban J connectivity index is 1.75. The van der Waals surface area contributed by atoms with E-state index in [1.165, 1.54) is 11.6 Å². The van der Waals surface area contributed by atoms with Crippen LogP contribution in [0.4, 0.5) is 5.69 Å². The fourth-order valence-corrected chi connectivity index (χ4v) is 4.44. The molecule has 7 heteroatoms. The number of carbonyl (C=O) groups excluding carboxylic acids is 1. The molecule has 33 heavy (non-hydrogen) atoms. The van der Waals surface area contributed by atoms with Gasteiger partial charge in [0, 0.05) is 11.8 Å². The van der Waals surface area contributed by atoms with Crippen molar-refractivity contribution in [1.29, 1.82) is 5.26 Å². The van der Waals surface area contributed by atoms with E-state index in [9.17, 15) is 10.1 Å². The number of nitrogens with one attached hydrogen (secondary N) is 1. The summed E-state index contributed by atoms with van der Waals surface area (Å²) in [7, 11) is 0. The van der Waals surface area contributed by atoms with Crippen molar-refractivity contribution < 1.29 is 14.3 Å². The lowest BCUT2D eigenvalue weighted by atomic mass is 10.1. The second kappa shape index (κ2) is 11.7. The molecule has 0 aliphatic carbocycles. The minimum atomic E-state index is -0.502. The van der Waals surface area contributed by atoms with E-state index in [0.29, 0.717) is 44.9 Å². The number of rotatable bonds is 8. The van der Waals surface area contributed by atoms with Crippen LogP contribution in [-0.2, 0) is 11.4 Å². The van der Waals surface area contributed by atoms with E-state index in [1.807, 2.05) is 44.2 Å². The summed E-state index contributed by atoms with van der Waals surface area (Å²) in [6.07, 6.45) is 1.53. The van der Waals surface area contributed by atoms with Gasteiger partial charge in [0.1, 0.15) is 29.7 Å². The third-order valence-corrected chi connectivity index (χ3v) is 5.78. The van der Waals surface area contributed by atoms with Crippen molar-refractivity contribution >= 4 is 49.5 Å². The maximum Gasteiger partial charge on any atom is 0.266 e. The number of benzene rings is 3. The first-order valence-electron chi connectivity index (χ1n) is 10.2. The van der Waals surface area contributed by atoms with E-state index in [-0.39, 0.29) is 5.57 Å². The van der Waals surface area contributed by atoms with Crippen LogP contribution in [0.5, 0.6) is 11.5 Å². The Morgan fingerprint density at radius 2 is 1.76 bits per heavy atom. The minimum absolute atomic E-state index is 0.0241. The molecule has 0 bridgehead atoms. The molecular formula is C26H22Br2N2O3. The number of nitrogens with zero attached hydrogens (tertiary/aromatic N) is 1. The molecule has 0 atom stereocenters. The number of ether oxygens (including phenoxy) is 2. The molecule has 0 heterocycles. The molecule has 0 aliphatic rings. The third kappa shape index (κ3) is 6.95. The second-order valence-corrected chi connectivity index (χ2v) is 8.88. The van der Waals surface area contributed by atoms with E-state index >= 15 is 0 Å². The van der Waals surface area contributed by atoms with Crippen molar-refractivity contribution in [2.45, 2.75) is 20.5 Å². The lowest BCUT2D eigenvalue weighted by Crippen LogP contribution is -2.13. The van der Waals surface area contributed by atoms with Gasteiger partial charge in [0.15, 0.2) is 0 Å². The Labute approximate surface area is 210 Å². The van der Waals surface area contributed by atoms with E-state index in [1.54, 1.807) is 36.4 Å². The van der Waals surface area contributed by atoms with Crippen molar-refractivity contribution in [3.8, 4) is 17.6 Å². The number of nitriles is 1. The number of amides is 1. The summed E-state index contributed by atoms with van der Waals surface area (Å²) in [6.45, 7) is 4.86. The highest BCUT2D eigenvalue weighted by Gasteiger charge is 2.13. The van der Waals surface area contributed by atoms with E-state index < -0.39 is 5.91 Å². The largest absolute Gasteiger partial charge is 0.494 e. The Morgan fingerprint density at radius 3 is 2.39 bits per heavy atom. The van der Waals surface area contributed by atoms with Gasteiger partial charge in [-0.05, 0) is 87.2 Å². The molecule has 0 spiro atoms. The molecular weight excluding hydrogens is 548 g/mol. The minimum Gasteiger partial charge on any atom is -0.494 e. The first kappa shape index (κ1) is 24.6. The van der Waals surface area contributed by atoms with Gasteiger partial charge in [0.05, 0.1) is 15.6 Å². The molecule has 168 valence electrons. The van der Waals surface area contributed by atoms with Crippen molar-refractivity contribution in [3.05, 3.63) is 91.9 Å². The summed E-state index contributed by atoms with van der Waals surface area (Å²) >= 11 is 7.05. The van der Waals surface area contributed by atoms with Crippen molar-refractivity contribution in [2.75, 3.05) is 11.9 Å². The summed E-state index contributed by atoms with van der Waals surface area (Å²) in [6, 6.07) is 20.7. The van der Waals surface area contributed by atoms with Crippen LogP contribution < -0.4 is 14.8 Å². The Morgan fingerprint density at radius 1 is 1.06 bits per heavy atom. The Bertz CT molecular complexity index is 1190. The van der Waals surface area contributed by atoms with Crippen LogP contribution in [0, 0.1) is 18.3 Å². The summed E-state index contributed by atoms with van der Waals surface area (Å²) < 4.78 is 12.8. The molecule has 0 aromatic heterocycles. The molecule has 0 radical (unpaired) electrons. The smallest absolute Gasteiger partial charge is 0.266 e. The second-order valence-electron chi connectivity index (χ2n) is 7.17. The highest BCUT2D eigenvalue weighted by Crippen LogP contribution is 2.36. The van der Waals surface area contributed by atoms with Crippen LogP contribution >= 0.6 is 31.9 Å². The van der Waals surface area contributed by atoms with E-state index in [4.69, 9.17) is 9.47 Å². The van der Waals surface area contributed by atoms with Crippen LogP contribution in [0.2, 0.25) is 0 Å². The first-order valence-corrected chi connectivity index (χ1v) is 11.8. The standard InChI is InChI=1S/C26H22Br2N2O3/c1-3-32-22-6-4-5-21(14-22)30-26(31)20(15-29)11-19-12-23(27)25(24(28)13-19)33-16-18-9-7-17(2)8-10-18/h4-14H,3,16H2,1-2H3,(H,30,31)/b20-11-. The van der Waals surface area contributed by atoms with Gasteiger partial charge in [0.25, 0.3) is 5.91 Å². The fraction of sp³-hybridized carbons (Fsp3) is 0.154. The van der Waals surface area contributed by atoms with Gasteiger partial charge in [-0.1, -0.05) is 35.9 Å². The van der Waals surface area contributed by atoms with Gasteiger partial charge in [-0.25, -0.2) is 0 Å². The molecule has 0 saturated heterocycles. The average Bonchev–Trinajstić information content (AvgIpc) is 2.78. The monoisotopic (exact) mass is 568 g/mol. The average molecular weight is 570 g/mol. The molecule has 3 rings (SSSR count). The van der Waals surface area contributed by atoms with E-state index in [2.05, 4.69) is 37.2 Å². The summed E-state index contributed by atoms with van der Waals surface area (Å²) in [5.74, 6) is 0.786. The van der Waals surface area contributed by atoms with Gasteiger partial charge in [-0.15, -0.1) is 0 Å². The summed E-state index contributed by atoms with van der Waals surface area (Å²) in [5.41, 5.74) is 3.45. The van der Waals surface area contributed by atoms with Gasteiger partial charge in [-0.2, -0.15) is 5.26 Å².